The minimum Gasteiger partial charge on any atom is -0.490 e. The number of hydrogen-bond donors (Lipinski definition) is 1. The van der Waals surface area contributed by atoms with E-state index in [1.54, 1.807) is 0 Å². The van der Waals surface area contributed by atoms with Gasteiger partial charge in [-0.05, 0) is 62.0 Å². The van der Waals surface area contributed by atoms with Crippen LogP contribution in [-0.2, 0) is 25.5 Å². The van der Waals surface area contributed by atoms with Crippen molar-refractivity contribution < 1.29 is 28.9 Å². The Bertz CT molecular complexity index is 908. The molecule has 1 saturated heterocycles. The fraction of sp³-hybridized carbons (Fsp3) is 0.655. The van der Waals surface area contributed by atoms with Crippen molar-refractivity contribution in [2.45, 2.75) is 91.3 Å². The van der Waals surface area contributed by atoms with E-state index >= 15 is 0 Å². The maximum absolute atomic E-state index is 12.5. The van der Waals surface area contributed by atoms with Crippen molar-refractivity contribution in [1.82, 2.24) is 0 Å². The zero-order valence-corrected chi connectivity index (χ0v) is 22.0. The number of cyclic esters (lactones) is 1. The molecule has 0 unspecified atom stereocenters. The number of fused-ring (bicyclic) bond motifs is 1. The first-order chi connectivity index (χ1) is 16.6. The summed E-state index contributed by atoms with van der Waals surface area (Å²) in [6.45, 7) is 10.4. The highest BCUT2D eigenvalue weighted by Gasteiger charge is 2.44. The Hall–Kier alpha value is -2.34. The van der Waals surface area contributed by atoms with E-state index in [0.29, 0.717) is 29.7 Å². The van der Waals surface area contributed by atoms with Gasteiger partial charge in [0.1, 0.15) is 18.5 Å². The maximum atomic E-state index is 12.5. The van der Waals surface area contributed by atoms with Gasteiger partial charge in [-0.2, -0.15) is 0 Å². The maximum Gasteiger partial charge on any atom is 0.334 e. The number of benzene rings is 1. The summed E-state index contributed by atoms with van der Waals surface area (Å²) >= 11 is 0. The average molecular weight is 487 g/mol. The van der Waals surface area contributed by atoms with Crippen molar-refractivity contribution in [3.05, 3.63) is 41.0 Å². The van der Waals surface area contributed by atoms with Gasteiger partial charge in [0.2, 0.25) is 0 Å². The molecule has 1 fully saturated rings. The number of esters is 2. The van der Waals surface area contributed by atoms with Crippen LogP contribution in [0.15, 0.2) is 29.8 Å². The van der Waals surface area contributed by atoms with Crippen molar-refractivity contribution in [2.24, 2.45) is 17.8 Å². The standard InChI is InChI=1S/C29H42O6/c1-19(2)12-22(13-20(3)4)7-8-23-16-29(17-30,35-28(23)32)18-33-27(31)11-9-25-15-24-14-21(5)6-10-26(24)34-25/h6,8,10,14,19-20,22,25,30H,7,9,11-13,15-18H2,1-5H3/b23-8+/t25-,29+/m0/s1. The van der Waals surface area contributed by atoms with Gasteiger partial charge < -0.3 is 19.3 Å². The number of hydrogen-bond acceptors (Lipinski definition) is 6. The second-order valence-electron chi connectivity index (χ2n) is 11.3. The van der Waals surface area contributed by atoms with Crippen LogP contribution in [0.1, 0.15) is 77.3 Å². The van der Waals surface area contributed by atoms with Crippen LogP contribution in [0.2, 0.25) is 0 Å². The summed E-state index contributed by atoms with van der Waals surface area (Å²) in [4.78, 5) is 24.9. The summed E-state index contributed by atoms with van der Waals surface area (Å²) in [5.41, 5.74) is 1.74. The first-order valence-corrected chi connectivity index (χ1v) is 13.0. The summed E-state index contributed by atoms with van der Waals surface area (Å²) < 4.78 is 16.9. The van der Waals surface area contributed by atoms with Crippen LogP contribution in [0.5, 0.6) is 5.75 Å². The van der Waals surface area contributed by atoms with Gasteiger partial charge >= 0.3 is 11.9 Å². The molecule has 2 aliphatic rings. The molecule has 1 aromatic rings. The number of carbonyl (C=O) groups is 2. The summed E-state index contributed by atoms with van der Waals surface area (Å²) in [7, 11) is 0. The molecule has 35 heavy (non-hydrogen) atoms. The topological polar surface area (TPSA) is 82.1 Å². The molecule has 0 aromatic heterocycles. The molecule has 0 spiro atoms. The average Bonchev–Trinajstić information content (AvgIpc) is 3.34. The second kappa shape index (κ2) is 12.1. The van der Waals surface area contributed by atoms with E-state index in [2.05, 4.69) is 33.8 Å². The minimum absolute atomic E-state index is 0.0466. The summed E-state index contributed by atoms with van der Waals surface area (Å²) in [5, 5.41) is 9.99. The van der Waals surface area contributed by atoms with Gasteiger partial charge in [-0.25, -0.2) is 4.79 Å². The Labute approximate surface area is 210 Å². The van der Waals surface area contributed by atoms with Crippen LogP contribution in [-0.4, -0.2) is 42.0 Å². The lowest BCUT2D eigenvalue weighted by Gasteiger charge is -2.24. The molecule has 1 aromatic carbocycles. The van der Waals surface area contributed by atoms with Gasteiger partial charge in [-0.3, -0.25) is 4.79 Å². The van der Waals surface area contributed by atoms with Crippen LogP contribution in [0, 0.1) is 24.7 Å². The Balaban J connectivity index is 1.48. The van der Waals surface area contributed by atoms with Crippen LogP contribution in [0.4, 0.5) is 0 Å². The Morgan fingerprint density at radius 2 is 1.94 bits per heavy atom. The summed E-state index contributed by atoms with van der Waals surface area (Å²) in [6.07, 6.45) is 6.74. The Kier molecular flexibility index (Phi) is 9.40. The highest BCUT2D eigenvalue weighted by atomic mass is 16.6. The summed E-state index contributed by atoms with van der Waals surface area (Å²) in [5.74, 6) is 1.78. The zero-order valence-electron chi connectivity index (χ0n) is 22.0. The highest BCUT2D eigenvalue weighted by Crippen LogP contribution is 2.34. The smallest absolute Gasteiger partial charge is 0.334 e. The van der Waals surface area contributed by atoms with Crippen LogP contribution >= 0.6 is 0 Å². The number of rotatable bonds is 12. The molecule has 2 atom stereocenters. The second-order valence-corrected chi connectivity index (χ2v) is 11.3. The first-order valence-electron chi connectivity index (χ1n) is 13.0. The lowest BCUT2D eigenvalue weighted by atomic mass is 9.86. The summed E-state index contributed by atoms with van der Waals surface area (Å²) in [6, 6.07) is 6.11. The molecule has 2 aliphatic heterocycles. The van der Waals surface area contributed by atoms with Gasteiger partial charge in [-0.1, -0.05) is 51.5 Å². The van der Waals surface area contributed by atoms with Gasteiger partial charge in [0.15, 0.2) is 5.60 Å². The normalized spacial score (nSPS) is 22.7. The SMILES string of the molecule is Cc1ccc2c(c1)C[C@H](CCC(=O)OC[C@]1(CO)C/C(=C\CC(CC(C)C)CC(C)C)C(=O)O1)O2. The predicted octanol–water partition coefficient (Wildman–Crippen LogP) is 5.32. The third-order valence-electron chi connectivity index (χ3n) is 6.80. The lowest BCUT2D eigenvalue weighted by Crippen LogP contribution is -2.39. The number of ether oxygens (including phenoxy) is 3. The molecule has 0 saturated carbocycles. The monoisotopic (exact) mass is 486 g/mol. The van der Waals surface area contributed by atoms with Crippen molar-refractivity contribution >= 4 is 11.9 Å². The fourth-order valence-electron chi connectivity index (χ4n) is 5.19. The van der Waals surface area contributed by atoms with Gasteiger partial charge in [-0.15, -0.1) is 0 Å². The molecular weight excluding hydrogens is 444 g/mol. The van der Waals surface area contributed by atoms with Crippen LogP contribution in [0.3, 0.4) is 0 Å². The number of aliphatic hydroxyl groups is 1. The van der Waals surface area contributed by atoms with E-state index in [0.717, 1.165) is 31.4 Å². The lowest BCUT2D eigenvalue weighted by molar-refractivity contribution is -0.166. The van der Waals surface area contributed by atoms with E-state index in [1.165, 1.54) is 11.1 Å². The number of aliphatic hydroxyl groups excluding tert-OH is 1. The van der Waals surface area contributed by atoms with Crippen molar-refractivity contribution in [2.75, 3.05) is 13.2 Å². The van der Waals surface area contributed by atoms with Crippen molar-refractivity contribution in [3.63, 3.8) is 0 Å². The Morgan fingerprint density at radius 1 is 1.23 bits per heavy atom. The molecule has 0 bridgehead atoms. The highest BCUT2D eigenvalue weighted by molar-refractivity contribution is 5.91. The van der Waals surface area contributed by atoms with E-state index < -0.39 is 11.6 Å². The zero-order chi connectivity index (χ0) is 25.6. The van der Waals surface area contributed by atoms with Crippen molar-refractivity contribution in [1.29, 1.82) is 0 Å². The van der Waals surface area contributed by atoms with E-state index in [1.807, 2.05) is 25.1 Å². The molecule has 194 valence electrons. The molecular formula is C29H42O6. The molecule has 2 heterocycles. The number of carbonyl (C=O) groups excluding carboxylic acids is 2. The molecule has 1 N–H and O–H groups in total. The largest absolute Gasteiger partial charge is 0.490 e. The van der Waals surface area contributed by atoms with E-state index in [9.17, 15) is 14.7 Å². The molecule has 0 aliphatic carbocycles. The third kappa shape index (κ3) is 7.83. The number of aryl methyl sites for hydroxylation is 1. The Morgan fingerprint density at radius 3 is 2.60 bits per heavy atom. The molecule has 0 amide bonds. The molecule has 3 rings (SSSR count). The molecule has 6 heteroatoms. The fourth-order valence-corrected chi connectivity index (χ4v) is 5.19. The van der Waals surface area contributed by atoms with Crippen molar-refractivity contribution in [3.8, 4) is 5.75 Å². The molecule has 6 nitrogen and oxygen atoms in total. The number of allylic oxidation sites excluding steroid dienone is 1. The van der Waals surface area contributed by atoms with Crippen LogP contribution < -0.4 is 4.74 Å². The van der Waals surface area contributed by atoms with Gasteiger partial charge in [0, 0.05) is 24.8 Å². The van der Waals surface area contributed by atoms with E-state index in [-0.39, 0.29) is 38.1 Å². The predicted molar refractivity (Wildman–Crippen MR) is 135 cm³/mol. The molecule has 0 radical (unpaired) electrons. The first kappa shape index (κ1) is 27.3. The van der Waals surface area contributed by atoms with Gasteiger partial charge in [0.05, 0.1) is 6.61 Å². The minimum atomic E-state index is -1.19. The van der Waals surface area contributed by atoms with Gasteiger partial charge in [0.25, 0.3) is 0 Å². The van der Waals surface area contributed by atoms with Crippen LogP contribution in [0.25, 0.3) is 0 Å². The third-order valence-corrected chi connectivity index (χ3v) is 6.80. The quantitative estimate of drug-likeness (QED) is 0.318. The van der Waals surface area contributed by atoms with E-state index in [4.69, 9.17) is 14.2 Å².